The molecule has 0 aliphatic heterocycles. The van der Waals surface area contributed by atoms with Gasteiger partial charge in [-0.05, 0) is 54.3 Å². The standard InChI is InChI=1S/C14H14O2/c1-8-6-12-10(3)9(2)4-5-11(12)13(7-8)14(15)16/h4-7H,1-3H3,(H,15,16). The van der Waals surface area contributed by atoms with Gasteiger partial charge in [-0.3, -0.25) is 0 Å². The molecule has 2 heteroatoms. The van der Waals surface area contributed by atoms with Crippen LogP contribution in [0.4, 0.5) is 0 Å². The molecule has 0 amide bonds. The zero-order valence-electron chi connectivity index (χ0n) is 9.66. The van der Waals surface area contributed by atoms with Gasteiger partial charge < -0.3 is 5.11 Å². The van der Waals surface area contributed by atoms with Crippen LogP contribution in [0.5, 0.6) is 0 Å². The van der Waals surface area contributed by atoms with E-state index in [9.17, 15) is 4.79 Å². The van der Waals surface area contributed by atoms with Crippen molar-refractivity contribution in [2.24, 2.45) is 0 Å². The van der Waals surface area contributed by atoms with Gasteiger partial charge in [0, 0.05) is 0 Å². The molecule has 0 saturated carbocycles. The Balaban J connectivity index is 2.94. The Hall–Kier alpha value is -1.83. The first kappa shape index (κ1) is 10.7. The molecule has 2 rings (SSSR count). The Morgan fingerprint density at radius 1 is 1.06 bits per heavy atom. The molecule has 0 atom stereocenters. The van der Waals surface area contributed by atoms with Gasteiger partial charge >= 0.3 is 5.97 Å². The van der Waals surface area contributed by atoms with Gasteiger partial charge in [-0.1, -0.05) is 18.2 Å². The van der Waals surface area contributed by atoms with Crippen molar-refractivity contribution in [3.05, 3.63) is 46.5 Å². The van der Waals surface area contributed by atoms with Gasteiger partial charge in [0.2, 0.25) is 0 Å². The molecule has 0 aromatic heterocycles. The monoisotopic (exact) mass is 214 g/mol. The minimum atomic E-state index is -0.864. The average molecular weight is 214 g/mol. The van der Waals surface area contributed by atoms with Crippen LogP contribution in [0.3, 0.4) is 0 Å². The second-order valence-corrected chi connectivity index (χ2v) is 4.22. The van der Waals surface area contributed by atoms with E-state index in [1.807, 2.05) is 39.0 Å². The molecule has 2 aromatic carbocycles. The van der Waals surface area contributed by atoms with E-state index in [-0.39, 0.29) is 0 Å². The lowest BCUT2D eigenvalue weighted by Crippen LogP contribution is -1.99. The van der Waals surface area contributed by atoms with E-state index >= 15 is 0 Å². The maximum atomic E-state index is 11.2. The summed E-state index contributed by atoms with van der Waals surface area (Å²) >= 11 is 0. The first-order chi connectivity index (χ1) is 7.50. The van der Waals surface area contributed by atoms with Crippen LogP contribution in [0.25, 0.3) is 10.8 Å². The lowest BCUT2D eigenvalue weighted by atomic mass is 9.95. The highest BCUT2D eigenvalue weighted by atomic mass is 16.4. The Kier molecular flexibility index (Phi) is 2.43. The molecule has 0 spiro atoms. The van der Waals surface area contributed by atoms with E-state index in [2.05, 4.69) is 0 Å². The normalized spacial score (nSPS) is 10.7. The van der Waals surface area contributed by atoms with E-state index in [1.165, 1.54) is 5.56 Å². The summed E-state index contributed by atoms with van der Waals surface area (Å²) in [7, 11) is 0. The Morgan fingerprint density at radius 2 is 1.75 bits per heavy atom. The van der Waals surface area contributed by atoms with Gasteiger partial charge in [0.15, 0.2) is 0 Å². The molecule has 0 aliphatic rings. The largest absolute Gasteiger partial charge is 0.478 e. The number of carboxylic acids is 1. The van der Waals surface area contributed by atoms with Gasteiger partial charge in [0.25, 0.3) is 0 Å². The summed E-state index contributed by atoms with van der Waals surface area (Å²) in [5.41, 5.74) is 3.72. The minimum Gasteiger partial charge on any atom is -0.478 e. The number of hydrogen-bond acceptors (Lipinski definition) is 1. The highest BCUT2D eigenvalue weighted by molar-refractivity contribution is 6.05. The quantitative estimate of drug-likeness (QED) is 0.789. The van der Waals surface area contributed by atoms with Crippen molar-refractivity contribution in [3.8, 4) is 0 Å². The fourth-order valence-corrected chi connectivity index (χ4v) is 2.01. The second-order valence-electron chi connectivity index (χ2n) is 4.22. The highest BCUT2D eigenvalue weighted by Crippen LogP contribution is 2.26. The molecule has 0 fully saturated rings. The number of aromatic carboxylic acids is 1. The molecule has 1 N–H and O–H groups in total. The van der Waals surface area contributed by atoms with Gasteiger partial charge in [0.05, 0.1) is 5.56 Å². The van der Waals surface area contributed by atoms with E-state index in [1.54, 1.807) is 6.07 Å². The molecule has 0 radical (unpaired) electrons. The fourth-order valence-electron chi connectivity index (χ4n) is 2.01. The van der Waals surface area contributed by atoms with Crippen LogP contribution in [0.15, 0.2) is 24.3 Å². The number of aryl methyl sites for hydroxylation is 3. The number of carboxylic acid groups (broad SMARTS) is 1. The zero-order chi connectivity index (χ0) is 11.9. The van der Waals surface area contributed by atoms with E-state index in [4.69, 9.17) is 5.11 Å². The van der Waals surface area contributed by atoms with E-state index < -0.39 is 5.97 Å². The molecular formula is C14H14O2. The van der Waals surface area contributed by atoms with Gasteiger partial charge in [-0.2, -0.15) is 0 Å². The summed E-state index contributed by atoms with van der Waals surface area (Å²) in [4.78, 5) is 11.2. The van der Waals surface area contributed by atoms with Crippen LogP contribution in [-0.4, -0.2) is 11.1 Å². The molecule has 82 valence electrons. The third kappa shape index (κ3) is 1.56. The van der Waals surface area contributed by atoms with Crippen molar-refractivity contribution < 1.29 is 9.90 Å². The lowest BCUT2D eigenvalue weighted by molar-refractivity contribution is 0.0699. The summed E-state index contributed by atoms with van der Waals surface area (Å²) in [6.07, 6.45) is 0. The van der Waals surface area contributed by atoms with Crippen LogP contribution in [0.2, 0.25) is 0 Å². The molecule has 0 bridgehead atoms. The Morgan fingerprint density at radius 3 is 2.38 bits per heavy atom. The topological polar surface area (TPSA) is 37.3 Å². The van der Waals surface area contributed by atoms with Crippen molar-refractivity contribution in [2.75, 3.05) is 0 Å². The smallest absolute Gasteiger partial charge is 0.336 e. The molecule has 16 heavy (non-hydrogen) atoms. The summed E-state index contributed by atoms with van der Waals surface area (Å²) in [6.45, 7) is 5.99. The number of hydrogen-bond donors (Lipinski definition) is 1. The maximum Gasteiger partial charge on any atom is 0.336 e. The summed E-state index contributed by atoms with van der Waals surface area (Å²) in [6, 6.07) is 7.63. The summed E-state index contributed by atoms with van der Waals surface area (Å²) in [5.74, 6) is -0.864. The predicted molar refractivity (Wildman–Crippen MR) is 65.1 cm³/mol. The van der Waals surface area contributed by atoms with Crippen molar-refractivity contribution in [3.63, 3.8) is 0 Å². The maximum absolute atomic E-state index is 11.2. The third-order valence-corrected chi connectivity index (χ3v) is 3.05. The van der Waals surface area contributed by atoms with Crippen LogP contribution >= 0.6 is 0 Å². The third-order valence-electron chi connectivity index (χ3n) is 3.05. The molecule has 0 aliphatic carbocycles. The van der Waals surface area contributed by atoms with Crippen molar-refractivity contribution >= 4 is 16.7 Å². The number of carbonyl (C=O) groups is 1. The lowest BCUT2D eigenvalue weighted by Gasteiger charge is -2.09. The number of fused-ring (bicyclic) bond motifs is 1. The molecule has 0 saturated heterocycles. The minimum absolute atomic E-state index is 0.387. The van der Waals surface area contributed by atoms with Crippen LogP contribution in [0.1, 0.15) is 27.0 Å². The molecule has 2 nitrogen and oxygen atoms in total. The van der Waals surface area contributed by atoms with Gasteiger partial charge in [-0.15, -0.1) is 0 Å². The van der Waals surface area contributed by atoms with Crippen LogP contribution < -0.4 is 0 Å². The summed E-state index contributed by atoms with van der Waals surface area (Å²) < 4.78 is 0. The fraction of sp³-hybridized carbons (Fsp3) is 0.214. The van der Waals surface area contributed by atoms with Gasteiger partial charge in [0.1, 0.15) is 0 Å². The van der Waals surface area contributed by atoms with Crippen LogP contribution in [-0.2, 0) is 0 Å². The molecule has 2 aromatic rings. The Labute approximate surface area is 94.5 Å². The van der Waals surface area contributed by atoms with Crippen molar-refractivity contribution in [1.29, 1.82) is 0 Å². The first-order valence-electron chi connectivity index (χ1n) is 5.24. The van der Waals surface area contributed by atoms with Crippen LogP contribution in [0, 0.1) is 20.8 Å². The first-order valence-corrected chi connectivity index (χ1v) is 5.24. The number of rotatable bonds is 1. The average Bonchev–Trinajstić information content (AvgIpc) is 2.23. The zero-order valence-corrected chi connectivity index (χ0v) is 9.66. The highest BCUT2D eigenvalue weighted by Gasteiger charge is 2.11. The van der Waals surface area contributed by atoms with Gasteiger partial charge in [-0.25, -0.2) is 4.79 Å². The van der Waals surface area contributed by atoms with E-state index in [0.29, 0.717) is 5.56 Å². The molecular weight excluding hydrogens is 200 g/mol. The molecule has 0 heterocycles. The number of benzene rings is 2. The summed E-state index contributed by atoms with van der Waals surface area (Å²) in [5, 5.41) is 11.0. The predicted octanol–water partition coefficient (Wildman–Crippen LogP) is 3.46. The van der Waals surface area contributed by atoms with E-state index in [0.717, 1.165) is 21.9 Å². The van der Waals surface area contributed by atoms with Crippen molar-refractivity contribution in [2.45, 2.75) is 20.8 Å². The SMILES string of the molecule is Cc1cc(C(=O)O)c2ccc(C)c(C)c2c1. The van der Waals surface area contributed by atoms with Crippen molar-refractivity contribution in [1.82, 2.24) is 0 Å². The second kappa shape index (κ2) is 3.63. The Bertz CT molecular complexity index is 583. The molecule has 0 unspecified atom stereocenters.